The number of Topliss-reactive ketones (excluding diaryl/α,β-unsaturated/α-hetero) is 1. The van der Waals surface area contributed by atoms with E-state index in [1.807, 2.05) is 11.8 Å². The largest absolute Gasteiger partial charge is 0.437 e. The van der Waals surface area contributed by atoms with Crippen LogP contribution in [0.5, 0.6) is 0 Å². The van der Waals surface area contributed by atoms with Crippen molar-refractivity contribution in [1.82, 2.24) is 14.9 Å². The van der Waals surface area contributed by atoms with E-state index in [2.05, 4.69) is 14.9 Å². The molecule has 1 saturated carbocycles. The quantitative estimate of drug-likeness (QED) is 0.482. The second-order valence-corrected chi connectivity index (χ2v) is 10.9. The van der Waals surface area contributed by atoms with E-state index in [1.54, 1.807) is 17.0 Å². The van der Waals surface area contributed by atoms with Crippen LogP contribution in [-0.4, -0.2) is 65.8 Å². The van der Waals surface area contributed by atoms with Crippen molar-refractivity contribution in [3.05, 3.63) is 35.3 Å². The fourth-order valence-corrected chi connectivity index (χ4v) is 5.26. The zero-order chi connectivity index (χ0) is 26.9. The maximum Gasteiger partial charge on any atom is 0.437 e. The van der Waals surface area contributed by atoms with Gasteiger partial charge >= 0.3 is 6.18 Å². The zero-order valence-electron chi connectivity index (χ0n) is 21.7. The van der Waals surface area contributed by atoms with E-state index in [1.165, 1.54) is 6.20 Å². The fraction of sp³-hybridized carbons (Fsp3) is 0.630. The zero-order valence-corrected chi connectivity index (χ0v) is 21.7. The maximum absolute atomic E-state index is 13.7. The second-order valence-electron chi connectivity index (χ2n) is 10.9. The molecule has 2 aliphatic heterocycles. The Kier molecular flexibility index (Phi) is 7.63. The number of piperidine rings is 1. The summed E-state index contributed by atoms with van der Waals surface area (Å²) in [6.45, 7) is 5.89. The van der Waals surface area contributed by atoms with Crippen molar-refractivity contribution in [3.63, 3.8) is 0 Å². The summed E-state index contributed by atoms with van der Waals surface area (Å²) in [4.78, 5) is 39.3. The number of alkyl halides is 3. The minimum atomic E-state index is -4.79. The first kappa shape index (κ1) is 26.5. The Morgan fingerprint density at radius 3 is 2.50 bits per heavy atom. The average molecular weight is 534 g/mol. The lowest BCUT2D eigenvalue weighted by Crippen LogP contribution is -2.35. The molecule has 0 aromatic carbocycles. The number of nitrogens with zero attached hydrogens (tertiary/aromatic N) is 5. The highest BCUT2D eigenvalue weighted by atomic mass is 19.4. The highest BCUT2D eigenvalue weighted by Gasteiger charge is 2.42. The molecule has 1 unspecified atom stereocenters. The molecule has 206 valence electrons. The molecule has 1 atom stereocenters. The van der Waals surface area contributed by atoms with E-state index >= 15 is 0 Å². The monoisotopic (exact) mass is 533 g/mol. The molecule has 2 aromatic rings. The third-order valence-corrected chi connectivity index (χ3v) is 7.57. The van der Waals surface area contributed by atoms with Crippen molar-refractivity contribution < 1.29 is 27.2 Å². The first-order valence-corrected chi connectivity index (χ1v) is 13.5. The molecule has 2 saturated heterocycles. The number of amides is 1. The van der Waals surface area contributed by atoms with E-state index < -0.39 is 23.4 Å². The SMILES string of the molecule is CC1CCCN(c2nc(C(F)(F)F)c(C(=O)Cc3ccc(N4CCCN(C(=O)CC5CC5)CC4)nc3)o2)C1. The van der Waals surface area contributed by atoms with Gasteiger partial charge in [0.2, 0.25) is 17.5 Å². The number of aromatic nitrogens is 2. The van der Waals surface area contributed by atoms with Gasteiger partial charge < -0.3 is 19.1 Å². The minimum absolute atomic E-state index is 0.147. The standard InChI is InChI=1S/C27H34F3N5O3/c1-18-4-2-9-35(17-18)26-32-25(27(28,29)30)24(38-26)21(36)14-20-7-8-22(31-16-20)33-10-3-11-34(13-12-33)23(37)15-19-5-6-19/h7-8,16,18-19H,2-6,9-15,17H2,1H3. The normalized spacial score (nSPS) is 20.9. The fourth-order valence-electron chi connectivity index (χ4n) is 5.26. The molecule has 3 fully saturated rings. The third kappa shape index (κ3) is 6.30. The summed E-state index contributed by atoms with van der Waals surface area (Å²) in [6.07, 6.45) is 2.05. The Balaban J connectivity index is 1.23. The summed E-state index contributed by atoms with van der Waals surface area (Å²) in [5, 5.41) is 0. The summed E-state index contributed by atoms with van der Waals surface area (Å²) in [5.74, 6) is 0.274. The molecule has 0 spiro atoms. The molecule has 5 rings (SSSR count). The van der Waals surface area contributed by atoms with Crippen molar-refractivity contribution in [3.8, 4) is 0 Å². The van der Waals surface area contributed by atoms with Gasteiger partial charge in [0.1, 0.15) is 5.82 Å². The van der Waals surface area contributed by atoms with Crippen LogP contribution >= 0.6 is 0 Å². The van der Waals surface area contributed by atoms with Gasteiger partial charge in [0.15, 0.2) is 5.69 Å². The van der Waals surface area contributed by atoms with Crippen LogP contribution < -0.4 is 9.80 Å². The Labute approximate surface area is 220 Å². The van der Waals surface area contributed by atoms with Crippen LogP contribution in [0.2, 0.25) is 0 Å². The van der Waals surface area contributed by atoms with E-state index in [-0.39, 0.29) is 18.3 Å². The van der Waals surface area contributed by atoms with E-state index in [4.69, 9.17) is 4.42 Å². The molecule has 4 heterocycles. The number of ketones is 1. The molecule has 8 nitrogen and oxygen atoms in total. The van der Waals surface area contributed by atoms with Gasteiger partial charge in [-0.15, -0.1) is 0 Å². The van der Waals surface area contributed by atoms with Crippen molar-refractivity contribution in [2.75, 3.05) is 49.1 Å². The number of pyridine rings is 1. The van der Waals surface area contributed by atoms with Gasteiger partial charge in [0.25, 0.3) is 6.01 Å². The van der Waals surface area contributed by atoms with E-state index in [0.29, 0.717) is 50.0 Å². The first-order valence-electron chi connectivity index (χ1n) is 13.5. The van der Waals surface area contributed by atoms with Gasteiger partial charge in [-0.1, -0.05) is 13.0 Å². The average Bonchev–Trinajstić information content (AvgIpc) is 3.62. The second kappa shape index (κ2) is 10.9. The Bertz CT molecular complexity index is 1150. The van der Waals surface area contributed by atoms with Crippen molar-refractivity contribution in [2.45, 2.75) is 58.0 Å². The van der Waals surface area contributed by atoms with Crippen molar-refractivity contribution >= 4 is 23.5 Å². The lowest BCUT2D eigenvalue weighted by atomic mass is 10.0. The van der Waals surface area contributed by atoms with Crippen LogP contribution in [0.25, 0.3) is 0 Å². The molecule has 0 bridgehead atoms. The number of hydrogen-bond donors (Lipinski definition) is 0. The number of oxazole rings is 1. The molecular weight excluding hydrogens is 499 g/mol. The van der Waals surface area contributed by atoms with Gasteiger partial charge in [-0.3, -0.25) is 9.59 Å². The number of carbonyl (C=O) groups excluding carboxylic acids is 2. The van der Waals surface area contributed by atoms with Gasteiger partial charge in [-0.2, -0.15) is 18.2 Å². The number of anilines is 2. The third-order valence-electron chi connectivity index (χ3n) is 7.57. The van der Waals surface area contributed by atoms with Crippen LogP contribution in [0.4, 0.5) is 25.0 Å². The topological polar surface area (TPSA) is 82.8 Å². The summed E-state index contributed by atoms with van der Waals surface area (Å²) in [7, 11) is 0. The number of rotatable bonds is 7. The Morgan fingerprint density at radius 2 is 1.82 bits per heavy atom. The number of halogens is 3. The van der Waals surface area contributed by atoms with Gasteiger partial charge in [0.05, 0.1) is 0 Å². The Morgan fingerprint density at radius 1 is 1.03 bits per heavy atom. The smallest absolute Gasteiger partial charge is 0.420 e. The van der Waals surface area contributed by atoms with Crippen molar-refractivity contribution in [2.24, 2.45) is 11.8 Å². The lowest BCUT2D eigenvalue weighted by molar-refractivity contribution is -0.141. The van der Waals surface area contributed by atoms with Crippen LogP contribution in [-0.2, 0) is 17.4 Å². The predicted molar refractivity (Wildman–Crippen MR) is 135 cm³/mol. The van der Waals surface area contributed by atoms with Gasteiger partial charge in [0, 0.05) is 58.3 Å². The number of hydrogen-bond acceptors (Lipinski definition) is 7. The summed E-state index contributed by atoms with van der Waals surface area (Å²) < 4.78 is 46.5. The Hall–Kier alpha value is -3.11. The maximum atomic E-state index is 13.7. The predicted octanol–water partition coefficient (Wildman–Crippen LogP) is 4.59. The van der Waals surface area contributed by atoms with Crippen molar-refractivity contribution in [1.29, 1.82) is 0 Å². The van der Waals surface area contributed by atoms with Crippen LogP contribution in [0.1, 0.15) is 67.3 Å². The summed E-state index contributed by atoms with van der Waals surface area (Å²) >= 11 is 0. The number of carbonyl (C=O) groups is 2. The summed E-state index contributed by atoms with van der Waals surface area (Å²) in [6, 6.07) is 3.33. The molecule has 11 heteroatoms. The molecular formula is C27H34F3N5O3. The molecule has 0 radical (unpaired) electrons. The van der Waals surface area contributed by atoms with Crippen LogP contribution in [0.3, 0.4) is 0 Å². The molecule has 0 N–H and O–H groups in total. The van der Waals surface area contributed by atoms with E-state index in [9.17, 15) is 22.8 Å². The first-order chi connectivity index (χ1) is 18.2. The summed E-state index contributed by atoms with van der Waals surface area (Å²) in [5.41, 5.74) is -0.780. The van der Waals surface area contributed by atoms with Crippen LogP contribution in [0.15, 0.2) is 22.7 Å². The molecule has 1 amide bonds. The molecule has 2 aromatic heterocycles. The molecule has 1 aliphatic carbocycles. The van der Waals surface area contributed by atoms with E-state index in [0.717, 1.165) is 51.0 Å². The molecule has 38 heavy (non-hydrogen) atoms. The highest BCUT2D eigenvalue weighted by Crippen LogP contribution is 2.36. The lowest BCUT2D eigenvalue weighted by Gasteiger charge is -2.29. The van der Waals surface area contributed by atoms with Crippen LogP contribution in [0, 0.1) is 11.8 Å². The highest BCUT2D eigenvalue weighted by molar-refractivity contribution is 5.96. The minimum Gasteiger partial charge on any atom is -0.420 e. The van der Waals surface area contributed by atoms with Gasteiger partial charge in [-0.05, 0) is 55.6 Å². The molecule has 3 aliphatic rings. The van der Waals surface area contributed by atoms with Gasteiger partial charge in [-0.25, -0.2) is 4.98 Å².